The molecule has 3 heterocycles. The molecule has 1 saturated heterocycles. The fourth-order valence-corrected chi connectivity index (χ4v) is 4.50. The topological polar surface area (TPSA) is 53.1 Å². The van der Waals surface area contributed by atoms with Gasteiger partial charge in [0.05, 0.1) is 4.88 Å². The van der Waals surface area contributed by atoms with Crippen LogP contribution in [0, 0.1) is 0 Å². The first kappa shape index (κ1) is 19.1. The summed E-state index contributed by atoms with van der Waals surface area (Å²) in [6, 6.07) is 15.2. The Bertz CT molecular complexity index is 879. The van der Waals surface area contributed by atoms with E-state index >= 15 is 0 Å². The second-order valence-corrected chi connectivity index (χ2v) is 8.34. The normalized spacial score (nSPS) is 17.1. The standard InChI is InChI=1S/C22H27N5S/c1-27-13-5-8-19(27)10-11-23-15-17-9-12-24-21(14-17)26-22-25-16-20(28-22)18-6-3-2-4-7-18/h2-4,6-7,9,12,14,16,19,23H,5,8,10-11,13,15H2,1H3,(H,24,25,26). The van der Waals surface area contributed by atoms with Gasteiger partial charge in [-0.2, -0.15) is 0 Å². The average molecular weight is 394 g/mol. The lowest BCUT2D eigenvalue weighted by atomic mass is 10.1. The summed E-state index contributed by atoms with van der Waals surface area (Å²) in [4.78, 5) is 12.6. The van der Waals surface area contributed by atoms with E-state index in [1.807, 2.05) is 30.6 Å². The van der Waals surface area contributed by atoms with Gasteiger partial charge in [-0.25, -0.2) is 9.97 Å². The number of thiazole rings is 1. The van der Waals surface area contributed by atoms with Gasteiger partial charge in [0, 0.05) is 25.0 Å². The van der Waals surface area contributed by atoms with Crippen molar-refractivity contribution in [2.45, 2.75) is 31.8 Å². The second kappa shape index (κ2) is 9.28. The fraction of sp³-hybridized carbons (Fsp3) is 0.364. The van der Waals surface area contributed by atoms with Crippen LogP contribution >= 0.6 is 11.3 Å². The molecule has 6 heteroatoms. The molecule has 2 N–H and O–H groups in total. The number of hydrogen-bond donors (Lipinski definition) is 2. The smallest absolute Gasteiger partial charge is 0.188 e. The lowest BCUT2D eigenvalue weighted by molar-refractivity contribution is 0.293. The molecule has 1 aromatic carbocycles. The van der Waals surface area contributed by atoms with Gasteiger partial charge in [0.1, 0.15) is 5.82 Å². The van der Waals surface area contributed by atoms with Crippen molar-refractivity contribution in [1.29, 1.82) is 0 Å². The van der Waals surface area contributed by atoms with E-state index in [4.69, 9.17) is 0 Å². The summed E-state index contributed by atoms with van der Waals surface area (Å²) in [5.41, 5.74) is 2.42. The average Bonchev–Trinajstić information content (AvgIpc) is 3.35. The molecule has 0 saturated carbocycles. The maximum absolute atomic E-state index is 4.49. The van der Waals surface area contributed by atoms with Crippen LogP contribution in [0.25, 0.3) is 10.4 Å². The number of hydrogen-bond acceptors (Lipinski definition) is 6. The van der Waals surface area contributed by atoms with Gasteiger partial charge in [-0.3, -0.25) is 0 Å². The summed E-state index contributed by atoms with van der Waals surface area (Å²) in [5, 5.41) is 7.77. The quantitative estimate of drug-likeness (QED) is 0.551. The number of likely N-dealkylation sites (tertiary alicyclic amines) is 1. The number of anilines is 2. The number of benzene rings is 1. The zero-order valence-corrected chi connectivity index (χ0v) is 17.1. The molecule has 5 nitrogen and oxygen atoms in total. The molecule has 4 rings (SSSR count). The van der Waals surface area contributed by atoms with Crippen molar-refractivity contribution in [3.63, 3.8) is 0 Å². The van der Waals surface area contributed by atoms with Crippen molar-refractivity contribution in [2.24, 2.45) is 0 Å². The third-order valence-electron chi connectivity index (χ3n) is 5.28. The lowest BCUT2D eigenvalue weighted by Crippen LogP contribution is -2.29. The molecule has 28 heavy (non-hydrogen) atoms. The minimum atomic E-state index is 0.742. The lowest BCUT2D eigenvalue weighted by Gasteiger charge is -2.19. The Balaban J connectivity index is 1.29. The van der Waals surface area contributed by atoms with Gasteiger partial charge in [-0.15, -0.1) is 0 Å². The number of rotatable bonds is 8. The fourth-order valence-electron chi connectivity index (χ4n) is 3.68. The molecule has 1 atom stereocenters. The number of aromatic nitrogens is 2. The van der Waals surface area contributed by atoms with Crippen LogP contribution in [0.1, 0.15) is 24.8 Å². The molecule has 2 aromatic heterocycles. The van der Waals surface area contributed by atoms with E-state index in [0.29, 0.717) is 0 Å². The number of nitrogens with one attached hydrogen (secondary N) is 2. The summed E-state index contributed by atoms with van der Waals surface area (Å²) in [5.74, 6) is 0.837. The first-order valence-electron chi connectivity index (χ1n) is 9.92. The van der Waals surface area contributed by atoms with Crippen LogP contribution in [0.5, 0.6) is 0 Å². The van der Waals surface area contributed by atoms with Crippen molar-refractivity contribution in [3.05, 3.63) is 60.4 Å². The summed E-state index contributed by atoms with van der Waals surface area (Å²) < 4.78 is 0. The molecule has 146 valence electrons. The van der Waals surface area contributed by atoms with Crippen molar-refractivity contribution in [3.8, 4) is 10.4 Å². The van der Waals surface area contributed by atoms with Crippen LogP contribution in [0.3, 0.4) is 0 Å². The molecule has 3 aromatic rings. The summed E-state index contributed by atoms with van der Waals surface area (Å²) >= 11 is 1.64. The van der Waals surface area contributed by atoms with Gasteiger partial charge < -0.3 is 15.5 Å². The third-order valence-corrected chi connectivity index (χ3v) is 6.24. The van der Waals surface area contributed by atoms with Crippen LogP contribution in [-0.2, 0) is 6.54 Å². The zero-order chi connectivity index (χ0) is 19.2. The molecule has 0 amide bonds. The van der Waals surface area contributed by atoms with Crippen LogP contribution in [0.2, 0.25) is 0 Å². The van der Waals surface area contributed by atoms with E-state index < -0.39 is 0 Å². The number of nitrogens with zero attached hydrogens (tertiary/aromatic N) is 3. The van der Waals surface area contributed by atoms with Crippen molar-refractivity contribution in [2.75, 3.05) is 25.5 Å². The van der Waals surface area contributed by atoms with Crippen LogP contribution in [0.15, 0.2) is 54.9 Å². The Labute approximate surface area is 170 Å². The Hall–Kier alpha value is -2.28. The van der Waals surface area contributed by atoms with Gasteiger partial charge in [-0.05, 0) is 62.7 Å². The molecule has 0 bridgehead atoms. The highest BCUT2D eigenvalue weighted by Crippen LogP contribution is 2.30. The molecule has 1 unspecified atom stereocenters. The molecule has 0 radical (unpaired) electrons. The first-order valence-corrected chi connectivity index (χ1v) is 10.7. The zero-order valence-electron chi connectivity index (χ0n) is 16.3. The van der Waals surface area contributed by atoms with E-state index in [0.717, 1.165) is 35.0 Å². The van der Waals surface area contributed by atoms with E-state index in [9.17, 15) is 0 Å². The van der Waals surface area contributed by atoms with Gasteiger partial charge >= 0.3 is 0 Å². The Morgan fingerprint density at radius 1 is 1.18 bits per heavy atom. The van der Waals surface area contributed by atoms with Crippen LogP contribution in [-0.4, -0.2) is 41.0 Å². The number of pyridine rings is 1. The summed E-state index contributed by atoms with van der Waals surface area (Å²) in [6.45, 7) is 3.15. The minimum absolute atomic E-state index is 0.742. The van der Waals surface area contributed by atoms with E-state index in [1.54, 1.807) is 11.3 Å². The van der Waals surface area contributed by atoms with Crippen molar-refractivity contribution >= 4 is 22.3 Å². The predicted octanol–water partition coefficient (Wildman–Crippen LogP) is 4.52. The third kappa shape index (κ3) is 4.95. The van der Waals surface area contributed by atoms with E-state index in [-0.39, 0.29) is 0 Å². The highest BCUT2D eigenvalue weighted by Gasteiger charge is 2.19. The molecular formula is C22H27N5S. The van der Waals surface area contributed by atoms with Gasteiger partial charge in [0.2, 0.25) is 0 Å². The molecule has 1 aliphatic rings. The van der Waals surface area contributed by atoms with E-state index in [1.165, 1.54) is 36.9 Å². The molecular weight excluding hydrogens is 366 g/mol. The summed E-state index contributed by atoms with van der Waals surface area (Å²) in [7, 11) is 2.24. The second-order valence-electron chi connectivity index (χ2n) is 7.31. The molecule has 0 aliphatic carbocycles. The molecule has 1 aliphatic heterocycles. The van der Waals surface area contributed by atoms with Crippen molar-refractivity contribution < 1.29 is 0 Å². The maximum Gasteiger partial charge on any atom is 0.188 e. The highest BCUT2D eigenvalue weighted by molar-refractivity contribution is 7.18. The monoisotopic (exact) mass is 393 g/mol. The van der Waals surface area contributed by atoms with E-state index in [2.05, 4.69) is 56.8 Å². The van der Waals surface area contributed by atoms with Gasteiger partial charge in [0.25, 0.3) is 0 Å². The van der Waals surface area contributed by atoms with Gasteiger partial charge in [0.15, 0.2) is 5.13 Å². The maximum atomic E-state index is 4.49. The molecule has 1 fully saturated rings. The van der Waals surface area contributed by atoms with Crippen molar-refractivity contribution in [1.82, 2.24) is 20.2 Å². The largest absolute Gasteiger partial charge is 0.316 e. The Morgan fingerprint density at radius 2 is 2.07 bits per heavy atom. The van der Waals surface area contributed by atoms with Gasteiger partial charge in [-0.1, -0.05) is 41.7 Å². The van der Waals surface area contributed by atoms with Crippen LogP contribution in [0.4, 0.5) is 10.9 Å². The minimum Gasteiger partial charge on any atom is -0.316 e. The molecule has 0 spiro atoms. The highest BCUT2D eigenvalue weighted by atomic mass is 32.1. The predicted molar refractivity (Wildman–Crippen MR) is 117 cm³/mol. The summed E-state index contributed by atoms with van der Waals surface area (Å²) in [6.07, 6.45) is 7.65. The van der Waals surface area contributed by atoms with Crippen LogP contribution < -0.4 is 10.6 Å². The first-order chi connectivity index (χ1) is 13.8. The Morgan fingerprint density at radius 3 is 2.89 bits per heavy atom. The Kier molecular flexibility index (Phi) is 6.31. The SMILES string of the molecule is CN1CCCC1CCNCc1ccnc(Nc2ncc(-c3ccccc3)s2)c1.